The Bertz CT molecular complexity index is 684. The molecule has 0 saturated carbocycles. The van der Waals surface area contributed by atoms with Gasteiger partial charge in [0.25, 0.3) is 5.92 Å². The number of nitrogens with one attached hydrogen (secondary N) is 1. The van der Waals surface area contributed by atoms with Crippen LogP contribution in [0.3, 0.4) is 0 Å². The first-order valence-electron chi connectivity index (χ1n) is 8.18. The molecule has 2 aromatic rings. The minimum Gasteiger partial charge on any atom is -0.445 e. The fraction of sp³-hybridized carbons (Fsp3) is 0.316. The van der Waals surface area contributed by atoms with Gasteiger partial charge in [-0.05, 0) is 17.5 Å². The summed E-state index contributed by atoms with van der Waals surface area (Å²) in [5, 5.41) is 11.8. The molecule has 7 heteroatoms. The van der Waals surface area contributed by atoms with E-state index in [0.29, 0.717) is 0 Å². The topological polar surface area (TPSA) is 84.6 Å². The molecule has 5 nitrogen and oxygen atoms in total. The number of ether oxygens (including phenoxy) is 1. The maximum absolute atomic E-state index is 14.1. The normalized spacial score (nSPS) is 13.7. The van der Waals surface area contributed by atoms with Crippen LogP contribution in [0.5, 0.6) is 0 Å². The van der Waals surface area contributed by atoms with E-state index < -0.39 is 30.7 Å². The van der Waals surface area contributed by atoms with Gasteiger partial charge < -0.3 is 20.9 Å². The first-order chi connectivity index (χ1) is 12.4. The molecule has 0 aliphatic carbocycles. The highest BCUT2D eigenvalue weighted by molar-refractivity contribution is 5.67. The van der Waals surface area contributed by atoms with E-state index in [2.05, 4.69) is 0 Å². The summed E-state index contributed by atoms with van der Waals surface area (Å²) in [6.07, 6.45) is -3.00. The number of hydrogen-bond acceptors (Lipinski definition) is 4. The first kappa shape index (κ1) is 19.8. The molecule has 4 N–H and O–H groups in total. The number of hydrogen-bond donors (Lipinski definition) is 3. The van der Waals surface area contributed by atoms with Crippen molar-refractivity contribution in [1.82, 2.24) is 5.32 Å². The van der Waals surface area contributed by atoms with Crippen molar-refractivity contribution in [2.75, 3.05) is 6.54 Å². The number of amides is 1. The molecule has 0 bridgehead atoms. The molecular weight excluding hydrogens is 342 g/mol. The Balaban J connectivity index is 1.79. The monoisotopic (exact) mass is 364 g/mol. The first-order valence-corrected chi connectivity index (χ1v) is 8.18. The molecule has 0 aliphatic heterocycles. The molecule has 0 spiro atoms. The van der Waals surface area contributed by atoms with Crippen LogP contribution in [-0.2, 0) is 17.8 Å². The number of carbonyl (C=O) groups is 1. The van der Waals surface area contributed by atoms with E-state index in [0.717, 1.165) is 11.1 Å². The fourth-order valence-electron chi connectivity index (χ4n) is 2.38. The zero-order valence-corrected chi connectivity index (χ0v) is 14.1. The van der Waals surface area contributed by atoms with Crippen molar-refractivity contribution in [3.05, 3.63) is 71.8 Å². The Morgan fingerprint density at radius 2 is 1.62 bits per heavy atom. The maximum atomic E-state index is 14.1. The average molecular weight is 364 g/mol. The molecule has 0 aliphatic rings. The lowest BCUT2D eigenvalue weighted by atomic mass is 9.98. The standard InChI is InChI=1S/C19H22F2N2O3/c20-19(21,17(24)16(22)11-14-7-3-1-4-8-14)13-23-18(25)26-12-15-9-5-2-6-10-15/h1-10,16-17,24H,11-13,22H2,(H,23,25). The van der Waals surface area contributed by atoms with E-state index >= 15 is 0 Å². The van der Waals surface area contributed by atoms with Crippen LogP contribution in [0.2, 0.25) is 0 Å². The van der Waals surface area contributed by atoms with Gasteiger partial charge in [0.1, 0.15) is 12.7 Å². The van der Waals surface area contributed by atoms with Crippen LogP contribution in [0, 0.1) is 0 Å². The maximum Gasteiger partial charge on any atom is 0.407 e. The summed E-state index contributed by atoms with van der Waals surface area (Å²) in [4.78, 5) is 11.6. The van der Waals surface area contributed by atoms with Gasteiger partial charge in [0.15, 0.2) is 0 Å². The molecule has 0 heterocycles. The number of rotatable bonds is 8. The Labute approximate surface area is 150 Å². The van der Waals surface area contributed by atoms with Crippen LogP contribution in [0.25, 0.3) is 0 Å². The second kappa shape index (κ2) is 9.26. The number of benzene rings is 2. The van der Waals surface area contributed by atoms with Gasteiger partial charge in [0.2, 0.25) is 0 Å². The summed E-state index contributed by atoms with van der Waals surface area (Å²) < 4.78 is 33.1. The van der Waals surface area contributed by atoms with Crippen molar-refractivity contribution < 1.29 is 23.4 Å². The lowest BCUT2D eigenvalue weighted by molar-refractivity contribution is -0.113. The summed E-state index contributed by atoms with van der Waals surface area (Å²) in [6, 6.07) is 16.5. The molecule has 0 fully saturated rings. The van der Waals surface area contributed by atoms with Gasteiger partial charge in [-0.2, -0.15) is 0 Å². The highest BCUT2D eigenvalue weighted by Gasteiger charge is 2.42. The van der Waals surface area contributed by atoms with Crippen molar-refractivity contribution in [2.45, 2.75) is 31.1 Å². The number of halogens is 2. The Kier molecular flexibility index (Phi) is 7.06. The van der Waals surface area contributed by atoms with Crippen LogP contribution in [-0.4, -0.2) is 35.8 Å². The Morgan fingerprint density at radius 1 is 1.08 bits per heavy atom. The zero-order valence-electron chi connectivity index (χ0n) is 14.1. The predicted molar refractivity (Wildman–Crippen MR) is 93.7 cm³/mol. The Morgan fingerprint density at radius 3 is 2.19 bits per heavy atom. The van der Waals surface area contributed by atoms with Gasteiger partial charge >= 0.3 is 6.09 Å². The van der Waals surface area contributed by atoms with Crippen molar-refractivity contribution in [1.29, 1.82) is 0 Å². The predicted octanol–water partition coefficient (Wildman–Crippen LogP) is 2.48. The summed E-state index contributed by atoms with van der Waals surface area (Å²) in [5.74, 6) is -3.58. The van der Waals surface area contributed by atoms with E-state index in [1.807, 2.05) is 11.4 Å². The number of aliphatic hydroxyl groups excluding tert-OH is 1. The van der Waals surface area contributed by atoms with Crippen molar-refractivity contribution in [2.24, 2.45) is 5.73 Å². The molecule has 0 aromatic heterocycles. The average Bonchev–Trinajstić information content (AvgIpc) is 2.65. The summed E-state index contributed by atoms with van der Waals surface area (Å²) >= 11 is 0. The fourth-order valence-corrected chi connectivity index (χ4v) is 2.38. The number of carbonyl (C=O) groups excluding carboxylic acids is 1. The summed E-state index contributed by atoms with van der Waals surface area (Å²) in [6.45, 7) is -1.10. The van der Waals surface area contributed by atoms with Gasteiger partial charge in [-0.15, -0.1) is 0 Å². The molecular formula is C19H22F2N2O3. The van der Waals surface area contributed by atoms with Gasteiger partial charge in [0, 0.05) is 6.04 Å². The van der Waals surface area contributed by atoms with Gasteiger partial charge in [-0.25, -0.2) is 13.6 Å². The summed E-state index contributed by atoms with van der Waals surface area (Å²) in [5.41, 5.74) is 7.18. The van der Waals surface area contributed by atoms with Crippen LogP contribution in [0.15, 0.2) is 60.7 Å². The van der Waals surface area contributed by atoms with Crippen LogP contribution < -0.4 is 11.1 Å². The highest BCUT2D eigenvalue weighted by Crippen LogP contribution is 2.21. The molecule has 1 amide bonds. The third kappa shape index (κ3) is 6.09. The van der Waals surface area contributed by atoms with E-state index in [4.69, 9.17) is 10.5 Å². The smallest absolute Gasteiger partial charge is 0.407 e. The second-order valence-electron chi connectivity index (χ2n) is 5.97. The number of alkyl carbamates (subject to hydrolysis) is 1. The molecule has 2 aromatic carbocycles. The largest absolute Gasteiger partial charge is 0.445 e. The zero-order chi connectivity index (χ0) is 19.0. The van der Waals surface area contributed by atoms with Crippen molar-refractivity contribution in [3.8, 4) is 0 Å². The highest BCUT2D eigenvalue weighted by atomic mass is 19.3. The third-order valence-electron chi connectivity index (χ3n) is 3.83. The van der Waals surface area contributed by atoms with Crippen molar-refractivity contribution >= 4 is 6.09 Å². The molecule has 2 atom stereocenters. The third-order valence-corrected chi connectivity index (χ3v) is 3.83. The summed E-state index contributed by atoms with van der Waals surface area (Å²) in [7, 11) is 0. The number of aliphatic hydroxyl groups is 1. The van der Waals surface area contributed by atoms with E-state index in [9.17, 15) is 18.7 Å². The molecule has 140 valence electrons. The minimum atomic E-state index is -3.58. The van der Waals surface area contributed by atoms with Gasteiger partial charge in [-0.3, -0.25) is 0 Å². The lowest BCUT2D eigenvalue weighted by Gasteiger charge is -2.27. The van der Waals surface area contributed by atoms with Crippen LogP contribution in [0.1, 0.15) is 11.1 Å². The van der Waals surface area contributed by atoms with E-state index in [-0.39, 0.29) is 13.0 Å². The number of alkyl halides is 2. The molecule has 26 heavy (non-hydrogen) atoms. The molecule has 2 rings (SSSR count). The molecule has 0 radical (unpaired) electrons. The van der Waals surface area contributed by atoms with E-state index in [1.165, 1.54) is 0 Å². The quantitative estimate of drug-likeness (QED) is 0.672. The minimum absolute atomic E-state index is 0.0334. The van der Waals surface area contributed by atoms with Gasteiger partial charge in [0.05, 0.1) is 6.54 Å². The lowest BCUT2D eigenvalue weighted by Crippen LogP contribution is -2.53. The van der Waals surface area contributed by atoms with E-state index in [1.54, 1.807) is 54.6 Å². The SMILES string of the molecule is NC(Cc1ccccc1)C(O)C(F)(F)CNC(=O)OCc1ccccc1. The number of nitrogens with two attached hydrogens (primary N) is 1. The second-order valence-corrected chi connectivity index (χ2v) is 5.97. The van der Waals surface area contributed by atoms with Crippen molar-refractivity contribution in [3.63, 3.8) is 0 Å². The van der Waals surface area contributed by atoms with Crippen LogP contribution >= 0.6 is 0 Å². The molecule has 0 saturated heterocycles. The van der Waals surface area contributed by atoms with Crippen LogP contribution in [0.4, 0.5) is 13.6 Å². The van der Waals surface area contributed by atoms with Gasteiger partial charge in [-0.1, -0.05) is 60.7 Å². The molecule has 2 unspecified atom stereocenters. The Hall–Kier alpha value is -2.51.